The quantitative estimate of drug-likeness (QED) is 0.900. The van der Waals surface area contributed by atoms with Gasteiger partial charge in [0.1, 0.15) is 5.75 Å². The monoisotopic (exact) mass is 307 g/mol. The van der Waals surface area contributed by atoms with Crippen LogP contribution in [0.3, 0.4) is 0 Å². The van der Waals surface area contributed by atoms with Crippen molar-refractivity contribution in [2.24, 2.45) is 0 Å². The lowest BCUT2D eigenvalue weighted by molar-refractivity contribution is 0.356. The summed E-state index contributed by atoms with van der Waals surface area (Å²) in [4.78, 5) is 0.277. The van der Waals surface area contributed by atoms with Crippen LogP contribution in [0.1, 0.15) is 12.5 Å². The Labute approximate surface area is 123 Å². The van der Waals surface area contributed by atoms with Crippen molar-refractivity contribution in [1.29, 1.82) is 0 Å². The van der Waals surface area contributed by atoms with E-state index >= 15 is 0 Å². The van der Waals surface area contributed by atoms with Crippen molar-refractivity contribution in [2.75, 3.05) is 6.61 Å². The largest absolute Gasteiger partial charge is 0.493 e. The maximum atomic E-state index is 12.4. The lowest BCUT2D eigenvalue weighted by atomic mass is 10.2. The number of rotatable bonds is 5. The number of ether oxygens (including phenoxy) is 1. The van der Waals surface area contributed by atoms with Crippen LogP contribution in [0, 0.1) is 0 Å². The summed E-state index contributed by atoms with van der Waals surface area (Å²) in [6.45, 7) is 2.91. The van der Waals surface area contributed by atoms with Crippen molar-refractivity contribution in [3.05, 3.63) is 42.2 Å². The Kier molecular flexibility index (Phi) is 3.69. The number of hydrogen-bond acceptors (Lipinski definition) is 4. The molecule has 6 nitrogen and oxygen atoms in total. The van der Waals surface area contributed by atoms with E-state index in [0.29, 0.717) is 13.2 Å². The number of hydrogen-bond donors (Lipinski definition) is 1. The zero-order chi connectivity index (χ0) is 14.9. The Morgan fingerprint density at radius 3 is 3.10 bits per heavy atom. The highest BCUT2D eigenvalue weighted by molar-refractivity contribution is 7.89. The van der Waals surface area contributed by atoms with Crippen molar-refractivity contribution < 1.29 is 13.2 Å². The van der Waals surface area contributed by atoms with Crippen LogP contribution in [0.25, 0.3) is 0 Å². The van der Waals surface area contributed by atoms with E-state index in [2.05, 4.69) is 9.82 Å². The van der Waals surface area contributed by atoms with Gasteiger partial charge in [-0.15, -0.1) is 0 Å². The van der Waals surface area contributed by atoms with Gasteiger partial charge in [-0.05, 0) is 36.8 Å². The lowest BCUT2D eigenvalue weighted by Gasteiger charge is -2.14. The Hall–Kier alpha value is -1.86. The summed E-state index contributed by atoms with van der Waals surface area (Å²) in [7, 11) is -3.53. The molecular weight excluding hydrogens is 290 g/mol. The van der Waals surface area contributed by atoms with Crippen molar-refractivity contribution in [3.8, 4) is 5.75 Å². The third-order valence-corrected chi connectivity index (χ3v) is 4.93. The first-order valence-corrected chi connectivity index (χ1v) is 8.28. The highest BCUT2D eigenvalue weighted by Gasteiger charge is 2.21. The normalized spacial score (nSPS) is 15.5. The summed E-state index contributed by atoms with van der Waals surface area (Å²) in [6, 6.07) is 6.54. The second kappa shape index (κ2) is 5.50. The summed E-state index contributed by atoms with van der Waals surface area (Å²) >= 11 is 0. The van der Waals surface area contributed by atoms with E-state index in [1.54, 1.807) is 35.3 Å². The van der Waals surface area contributed by atoms with Gasteiger partial charge in [-0.2, -0.15) is 5.10 Å². The first-order chi connectivity index (χ1) is 10.0. The van der Waals surface area contributed by atoms with Crippen LogP contribution in [0.4, 0.5) is 0 Å². The molecule has 1 atom stereocenters. The minimum Gasteiger partial charge on any atom is -0.493 e. The molecule has 0 saturated carbocycles. The van der Waals surface area contributed by atoms with Gasteiger partial charge in [0, 0.05) is 24.9 Å². The molecule has 1 aliphatic rings. The molecule has 21 heavy (non-hydrogen) atoms. The van der Waals surface area contributed by atoms with E-state index in [-0.39, 0.29) is 10.9 Å². The Morgan fingerprint density at radius 2 is 2.33 bits per heavy atom. The predicted molar refractivity (Wildman–Crippen MR) is 77.7 cm³/mol. The van der Waals surface area contributed by atoms with E-state index in [0.717, 1.165) is 17.7 Å². The van der Waals surface area contributed by atoms with E-state index < -0.39 is 10.0 Å². The van der Waals surface area contributed by atoms with Gasteiger partial charge in [-0.25, -0.2) is 13.1 Å². The zero-order valence-corrected chi connectivity index (χ0v) is 12.5. The molecule has 2 heterocycles. The third-order valence-electron chi connectivity index (χ3n) is 3.35. The van der Waals surface area contributed by atoms with Crippen LogP contribution in [-0.4, -0.2) is 30.8 Å². The fourth-order valence-electron chi connectivity index (χ4n) is 2.39. The molecule has 0 unspecified atom stereocenters. The molecule has 1 aromatic carbocycles. The fraction of sp³-hybridized carbons (Fsp3) is 0.357. The molecule has 0 spiro atoms. The van der Waals surface area contributed by atoms with Crippen LogP contribution in [-0.2, 0) is 23.0 Å². The topological polar surface area (TPSA) is 73.2 Å². The first kappa shape index (κ1) is 14.1. The van der Waals surface area contributed by atoms with E-state index in [4.69, 9.17) is 4.74 Å². The first-order valence-electron chi connectivity index (χ1n) is 6.80. The van der Waals surface area contributed by atoms with Crippen molar-refractivity contribution in [3.63, 3.8) is 0 Å². The lowest BCUT2D eigenvalue weighted by Crippen LogP contribution is -2.35. The van der Waals surface area contributed by atoms with E-state index in [9.17, 15) is 8.42 Å². The van der Waals surface area contributed by atoms with Gasteiger partial charge in [0.25, 0.3) is 0 Å². The van der Waals surface area contributed by atoms with Crippen molar-refractivity contribution >= 4 is 10.0 Å². The molecule has 112 valence electrons. The standard InChI is InChI=1S/C14H17N3O3S/c1-11(10-17-7-2-6-15-17)16-21(18,19)13-3-4-14-12(9-13)5-8-20-14/h2-4,6-7,9,11,16H,5,8,10H2,1H3/t11-/m1/s1. The van der Waals surface area contributed by atoms with Gasteiger partial charge in [-0.3, -0.25) is 4.68 Å². The molecular formula is C14H17N3O3S. The molecule has 0 bridgehead atoms. The minimum absolute atomic E-state index is 0.251. The van der Waals surface area contributed by atoms with Crippen LogP contribution in [0.15, 0.2) is 41.6 Å². The zero-order valence-electron chi connectivity index (χ0n) is 11.7. The van der Waals surface area contributed by atoms with E-state index in [1.807, 2.05) is 13.0 Å². The molecule has 0 saturated heterocycles. The maximum absolute atomic E-state index is 12.4. The average molecular weight is 307 g/mol. The molecule has 1 aromatic heterocycles. The number of nitrogens with one attached hydrogen (secondary N) is 1. The smallest absolute Gasteiger partial charge is 0.240 e. The summed E-state index contributed by atoms with van der Waals surface area (Å²) in [5.74, 6) is 0.776. The van der Waals surface area contributed by atoms with Crippen LogP contribution >= 0.6 is 0 Å². The second-order valence-corrected chi connectivity index (χ2v) is 6.83. The summed E-state index contributed by atoms with van der Waals surface area (Å²) in [5.41, 5.74) is 0.942. The Balaban J connectivity index is 1.74. The van der Waals surface area contributed by atoms with E-state index in [1.165, 1.54) is 0 Å². The number of benzene rings is 1. The highest BCUT2D eigenvalue weighted by Crippen LogP contribution is 2.27. The second-order valence-electron chi connectivity index (χ2n) is 5.12. The van der Waals surface area contributed by atoms with Crippen LogP contribution in [0.2, 0.25) is 0 Å². The van der Waals surface area contributed by atoms with Gasteiger partial charge in [0.2, 0.25) is 10.0 Å². The van der Waals surface area contributed by atoms with Gasteiger partial charge < -0.3 is 4.74 Å². The van der Waals surface area contributed by atoms with Gasteiger partial charge in [-0.1, -0.05) is 0 Å². The average Bonchev–Trinajstić information content (AvgIpc) is 3.07. The predicted octanol–water partition coefficient (Wildman–Crippen LogP) is 1.19. The number of nitrogens with zero attached hydrogens (tertiary/aromatic N) is 2. The molecule has 0 aliphatic carbocycles. The van der Waals surface area contributed by atoms with Crippen molar-refractivity contribution in [1.82, 2.24) is 14.5 Å². The number of aromatic nitrogens is 2. The molecule has 1 N–H and O–H groups in total. The SMILES string of the molecule is C[C@H](Cn1cccn1)NS(=O)(=O)c1ccc2c(c1)CCO2. The van der Waals surface area contributed by atoms with Crippen LogP contribution < -0.4 is 9.46 Å². The van der Waals surface area contributed by atoms with Crippen molar-refractivity contribution in [2.45, 2.75) is 30.8 Å². The maximum Gasteiger partial charge on any atom is 0.240 e. The van der Waals surface area contributed by atoms with Gasteiger partial charge in [0.15, 0.2) is 0 Å². The summed E-state index contributed by atoms with van der Waals surface area (Å²) < 4.78 is 34.5. The Morgan fingerprint density at radius 1 is 1.48 bits per heavy atom. The Bertz CT molecular complexity index is 726. The third kappa shape index (κ3) is 3.08. The number of sulfonamides is 1. The molecule has 2 aromatic rings. The van der Waals surface area contributed by atoms with Gasteiger partial charge >= 0.3 is 0 Å². The van der Waals surface area contributed by atoms with Crippen LogP contribution in [0.5, 0.6) is 5.75 Å². The fourth-order valence-corrected chi connectivity index (χ4v) is 3.67. The molecule has 1 aliphatic heterocycles. The summed E-state index contributed by atoms with van der Waals surface area (Å²) in [5, 5.41) is 4.07. The number of fused-ring (bicyclic) bond motifs is 1. The molecule has 7 heteroatoms. The summed E-state index contributed by atoms with van der Waals surface area (Å²) in [6.07, 6.45) is 4.22. The molecule has 3 rings (SSSR count). The molecule has 0 fully saturated rings. The molecule has 0 amide bonds. The molecule has 0 radical (unpaired) electrons. The minimum atomic E-state index is -3.53. The van der Waals surface area contributed by atoms with Gasteiger partial charge in [0.05, 0.1) is 18.0 Å². The highest BCUT2D eigenvalue weighted by atomic mass is 32.2.